The van der Waals surface area contributed by atoms with Crippen molar-refractivity contribution in [1.29, 1.82) is 0 Å². The summed E-state index contributed by atoms with van der Waals surface area (Å²) in [4.78, 5) is 0. The molecule has 0 radical (unpaired) electrons. The van der Waals surface area contributed by atoms with Gasteiger partial charge >= 0.3 is 0 Å². The Bertz CT molecular complexity index is 375. The molecule has 0 heterocycles. The Morgan fingerprint density at radius 3 is 2.71 bits per heavy atom. The maximum atomic E-state index is 6.19. The molecule has 0 bridgehead atoms. The van der Waals surface area contributed by atoms with Crippen molar-refractivity contribution in [2.24, 2.45) is 5.73 Å². The van der Waals surface area contributed by atoms with Crippen LogP contribution in [0.4, 0.5) is 0 Å². The maximum Gasteiger partial charge on any atom is 0.122 e. The zero-order chi connectivity index (χ0) is 12.3. The second kappa shape index (κ2) is 5.54. The molecule has 2 N–H and O–H groups in total. The van der Waals surface area contributed by atoms with E-state index in [0.29, 0.717) is 0 Å². The lowest BCUT2D eigenvalue weighted by Crippen LogP contribution is -2.38. The number of ether oxygens (including phenoxy) is 1. The van der Waals surface area contributed by atoms with Crippen LogP contribution in [0.5, 0.6) is 5.75 Å². The van der Waals surface area contributed by atoms with Crippen LogP contribution in [0.25, 0.3) is 0 Å². The Labute approximate surface area is 104 Å². The molecular weight excluding hydrogens is 210 g/mol. The molecule has 1 fully saturated rings. The molecule has 1 aliphatic rings. The summed E-state index contributed by atoms with van der Waals surface area (Å²) in [6.45, 7) is 4.24. The van der Waals surface area contributed by atoms with Gasteiger partial charge in [0.05, 0.1) is 0 Å². The lowest BCUT2D eigenvalue weighted by Gasteiger charge is -2.24. The van der Waals surface area contributed by atoms with E-state index < -0.39 is 0 Å². The molecule has 2 atom stereocenters. The highest BCUT2D eigenvalue weighted by Crippen LogP contribution is 2.26. The van der Waals surface area contributed by atoms with Gasteiger partial charge in [-0.05, 0) is 50.3 Å². The number of hydrogen-bond donors (Lipinski definition) is 1. The van der Waals surface area contributed by atoms with Gasteiger partial charge in [0, 0.05) is 6.04 Å². The second-order valence-corrected chi connectivity index (χ2v) is 5.16. The lowest BCUT2D eigenvalue weighted by atomic mass is 10.1. The Hall–Kier alpha value is -1.02. The molecule has 1 saturated carbocycles. The van der Waals surface area contributed by atoms with E-state index in [1.165, 1.54) is 30.4 Å². The fourth-order valence-corrected chi connectivity index (χ4v) is 2.46. The molecule has 94 valence electrons. The van der Waals surface area contributed by atoms with E-state index in [9.17, 15) is 0 Å². The van der Waals surface area contributed by atoms with Crippen molar-refractivity contribution in [3.05, 3.63) is 29.3 Å². The third-order valence-corrected chi connectivity index (χ3v) is 3.84. The van der Waals surface area contributed by atoms with Crippen LogP contribution in [-0.4, -0.2) is 12.1 Å². The molecule has 0 aliphatic heterocycles. The number of aryl methyl sites for hydroxylation is 1. The number of nitrogens with two attached hydrogens (primary N) is 1. The van der Waals surface area contributed by atoms with Gasteiger partial charge < -0.3 is 10.5 Å². The van der Waals surface area contributed by atoms with Gasteiger partial charge in [-0.3, -0.25) is 0 Å². The van der Waals surface area contributed by atoms with E-state index in [0.717, 1.165) is 18.6 Å². The van der Waals surface area contributed by atoms with Crippen LogP contribution in [0.3, 0.4) is 0 Å². The first-order valence-corrected chi connectivity index (χ1v) is 6.67. The Morgan fingerprint density at radius 2 is 1.88 bits per heavy atom. The number of rotatable bonds is 2. The molecule has 1 aromatic rings. The lowest BCUT2D eigenvalue weighted by molar-refractivity contribution is 0.161. The third kappa shape index (κ3) is 3.01. The first kappa shape index (κ1) is 12.4. The summed E-state index contributed by atoms with van der Waals surface area (Å²) >= 11 is 0. The summed E-state index contributed by atoms with van der Waals surface area (Å²) in [5, 5.41) is 0. The quantitative estimate of drug-likeness (QED) is 0.795. The van der Waals surface area contributed by atoms with E-state index in [4.69, 9.17) is 10.5 Å². The Kier molecular flexibility index (Phi) is 4.06. The summed E-state index contributed by atoms with van der Waals surface area (Å²) < 4.78 is 6.13. The molecule has 1 aromatic carbocycles. The first-order valence-electron chi connectivity index (χ1n) is 6.67. The average molecular weight is 233 g/mol. The fraction of sp³-hybridized carbons (Fsp3) is 0.600. The van der Waals surface area contributed by atoms with Crippen molar-refractivity contribution in [1.82, 2.24) is 0 Å². The van der Waals surface area contributed by atoms with E-state index in [1.54, 1.807) is 0 Å². The van der Waals surface area contributed by atoms with E-state index >= 15 is 0 Å². The van der Waals surface area contributed by atoms with Crippen LogP contribution >= 0.6 is 0 Å². The highest BCUT2D eigenvalue weighted by atomic mass is 16.5. The van der Waals surface area contributed by atoms with Gasteiger partial charge in [-0.1, -0.05) is 25.0 Å². The molecule has 2 nitrogen and oxygen atoms in total. The maximum absolute atomic E-state index is 6.19. The number of benzene rings is 1. The van der Waals surface area contributed by atoms with Crippen molar-refractivity contribution in [2.45, 2.75) is 58.1 Å². The minimum Gasteiger partial charge on any atom is -0.489 e. The standard InChI is InChI=1S/C15H23NO/c1-11-7-6-10-14(12(11)2)17-15-9-5-3-4-8-13(15)16/h6-7,10,13,15H,3-5,8-9,16H2,1-2H3. The molecule has 0 aromatic heterocycles. The van der Waals surface area contributed by atoms with E-state index in [-0.39, 0.29) is 12.1 Å². The van der Waals surface area contributed by atoms with Crippen molar-refractivity contribution in [3.63, 3.8) is 0 Å². The van der Waals surface area contributed by atoms with Gasteiger partial charge in [0.1, 0.15) is 11.9 Å². The van der Waals surface area contributed by atoms with Crippen molar-refractivity contribution < 1.29 is 4.74 Å². The molecule has 0 spiro atoms. The van der Waals surface area contributed by atoms with Gasteiger partial charge in [0.15, 0.2) is 0 Å². The highest BCUT2D eigenvalue weighted by molar-refractivity contribution is 5.38. The molecule has 2 unspecified atom stereocenters. The monoisotopic (exact) mass is 233 g/mol. The molecule has 1 aliphatic carbocycles. The minimum atomic E-state index is 0.192. The molecule has 2 heteroatoms. The largest absolute Gasteiger partial charge is 0.489 e. The third-order valence-electron chi connectivity index (χ3n) is 3.84. The normalized spacial score (nSPS) is 25.4. The Balaban J connectivity index is 2.10. The SMILES string of the molecule is Cc1cccc(OC2CCCCCC2N)c1C. The summed E-state index contributed by atoms with van der Waals surface area (Å²) in [6, 6.07) is 6.42. The first-order chi connectivity index (χ1) is 8.18. The summed E-state index contributed by atoms with van der Waals surface area (Å²) in [5.41, 5.74) is 8.71. The zero-order valence-electron chi connectivity index (χ0n) is 10.9. The van der Waals surface area contributed by atoms with Crippen LogP contribution in [0.2, 0.25) is 0 Å². The smallest absolute Gasteiger partial charge is 0.122 e. The van der Waals surface area contributed by atoms with Crippen LogP contribution < -0.4 is 10.5 Å². The highest BCUT2D eigenvalue weighted by Gasteiger charge is 2.22. The molecule has 0 amide bonds. The summed E-state index contributed by atoms with van der Waals surface area (Å²) in [5.74, 6) is 1.01. The van der Waals surface area contributed by atoms with Gasteiger partial charge in [0.25, 0.3) is 0 Å². The van der Waals surface area contributed by atoms with Crippen LogP contribution in [-0.2, 0) is 0 Å². The number of hydrogen-bond acceptors (Lipinski definition) is 2. The van der Waals surface area contributed by atoms with Crippen LogP contribution in [0, 0.1) is 13.8 Å². The molecule has 0 saturated heterocycles. The van der Waals surface area contributed by atoms with Crippen LogP contribution in [0.15, 0.2) is 18.2 Å². The van der Waals surface area contributed by atoms with Gasteiger partial charge in [-0.25, -0.2) is 0 Å². The summed E-state index contributed by atoms with van der Waals surface area (Å²) in [6.07, 6.45) is 6.15. The average Bonchev–Trinajstić information content (AvgIpc) is 2.51. The van der Waals surface area contributed by atoms with E-state index in [2.05, 4.69) is 32.0 Å². The van der Waals surface area contributed by atoms with Crippen molar-refractivity contribution in [2.75, 3.05) is 0 Å². The second-order valence-electron chi connectivity index (χ2n) is 5.16. The fourth-order valence-electron chi connectivity index (χ4n) is 2.46. The van der Waals surface area contributed by atoms with Gasteiger partial charge in [-0.15, -0.1) is 0 Å². The van der Waals surface area contributed by atoms with Gasteiger partial charge in [-0.2, -0.15) is 0 Å². The molecule has 17 heavy (non-hydrogen) atoms. The van der Waals surface area contributed by atoms with E-state index in [1.807, 2.05) is 0 Å². The minimum absolute atomic E-state index is 0.192. The van der Waals surface area contributed by atoms with Gasteiger partial charge in [0.2, 0.25) is 0 Å². The zero-order valence-corrected chi connectivity index (χ0v) is 10.9. The summed E-state index contributed by atoms with van der Waals surface area (Å²) in [7, 11) is 0. The van der Waals surface area contributed by atoms with Crippen LogP contribution in [0.1, 0.15) is 43.2 Å². The van der Waals surface area contributed by atoms with Crippen molar-refractivity contribution in [3.8, 4) is 5.75 Å². The molecular formula is C15H23NO. The topological polar surface area (TPSA) is 35.2 Å². The predicted octanol–water partition coefficient (Wildman–Crippen LogP) is 3.34. The molecule has 2 rings (SSSR count). The predicted molar refractivity (Wildman–Crippen MR) is 71.4 cm³/mol. The van der Waals surface area contributed by atoms with Crippen molar-refractivity contribution >= 4 is 0 Å². The Morgan fingerprint density at radius 1 is 1.12 bits per heavy atom.